The van der Waals surface area contributed by atoms with E-state index in [1.165, 1.54) is 6.92 Å². The number of anilines is 1. The molecule has 10 heteroatoms. The molecule has 1 heterocycles. The van der Waals surface area contributed by atoms with Gasteiger partial charge in [-0.25, -0.2) is 4.90 Å². The average Bonchev–Trinajstić information content (AvgIpc) is 2.73. The molecule has 1 aliphatic rings. The number of hydrogen-bond donors (Lipinski definition) is 1. The summed E-state index contributed by atoms with van der Waals surface area (Å²) in [7, 11) is 0. The first-order valence-electron chi connectivity index (χ1n) is 6.64. The van der Waals surface area contributed by atoms with Crippen LogP contribution < -0.4 is 4.90 Å². The van der Waals surface area contributed by atoms with Crippen molar-refractivity contribution in [3.63, 3.8) is 0 Å². The van der Waals surface area contributed by atoms with Gasteiger partial charge in [-0.3, -0.25) is 14.4 Å². The highest BCUT2D eigenvalue weighted by Gasteiger charge is 2.45. The first-order valence-corrected chi connectivity index (χ1v) is 7.96. The van der Waals surface area contributed by atoms with Gasteiger partial charge in [0.05, 0.1) is 16.5 Å². The second kappa shape index (κ2) is 6.64. The number of amides is 2. The Kier molecular flexibility index (Phi) is 5.14. The molecule has 1 aromatic carbocycles. The maximum atomic E-state index is 13.2. The number of carbonyl (C=O) groups is 3. The smallest absolute Gasteiger partial charge is 0.418 e. The van der Waals surface area contributed by atoms with E-state index in [0.29, 0.717) is 11.0 Å². The SMILES string of the molecule is CC(SC1CC(=O)N(c2ccc(Cl)cc2C(F)(F)F)C1=O)C(=O)O. The standard InChI is InChI=1S/C14H11ClF3NO4S/c1-6(13(22)23)24-10-5-11(20)19(12(10)21)9-3-2-7(15)4-8(9)14(16,17)18/h2-4,6,10H,5H2,1H3,(H,22,23). The zero-order chi connectivity index (χ0) is 18.2. The van der Waals surface area contributed by atoms with Crippen LogP contribution in [0.1, 0.15) is 18.9 Å². The van der Waals surface area contributed by atoms with E-state index in [-0.39, 0.29) is 11.4 Å². The third kappa shape index (κ3) is 3.67. The summed E-state index contributed by atoms with van der Waals surface area (Å²) in [5.41, 5.74) is -1.80. The summed E-state index contributed by atoms with van der Waals surface area (Å²) in [6, 6.07) is 2.74. The fraction of sp³-hybridized carbons (Fsp3) is 0.357. The number of thioether (sulfide) groups is 1. The van der Waals surface area contributed by atoms with Gasteiger partial charge in [0.25, 0.3) is 0 Å². The molecule has 0 radical (unpaired) electrons. The van der Waals surface area contributed by atoms with Gasteiger partial charge >= 0.3 is 12.1 Å². The molecule has 130 valence electrons. The first kappa shape index (κ1) is 18.6. The molecule has 5 nitrogen and oxygen atoms in total. The Morgan fingerprint density at radius 1 is 1.42 bits per heavy atom. The van der Waals surface area contributed by atoms with E-state index >= 15 is 0 Å². The molecule has 1 aliphatic heterocycles. The van der Waals surface area contributed by atoms with Gasteiger partial charge < -0.3 is 5.11 Å². The number of carboxylic acid groups (broad SMARTS) is 1. The molecule has 0 aromatic heterocycles. The number of rotatable bonds is 4. The van der Waals surface area contributed by atoms with Crippen molar-refractivity contribution in [2.75, 3.05) is 4.90 Å². The molecule has 1 aromatic rings. The van der Waals surface area contributed by atoms with Gasteiger partial charge in [-0.15, -0.1) is 11.8 Å². The van der Waals surface area contributed by atoms with Gasteiger partial charge in [0.15, 0.2) is 0 Å². The predicted molar refractivity (Wildman–Crippen MR) is 82.0 cm³/mol. The van der Waals surface area contributed by atoms with Gasteiger partial charge in [-0.2, -0.15) is 13.2 Å². The molecule has 1 saturated heterocycles. The zero-order valence-corrected chi connectivity index (χ0v) is 13.7. The highest BCUT2D eigenvalue weighted by molar-refractivity contribution is 8.01. The summed E-state index contributed by atoms with van der Waals surface area (Å²) in [4.78, 5) is 35.7. The molecule has 1 fully saturated rings. The minimum Gasteiger partial charge on any atom is -0.480 e. The van der Waals surface area contributed by atoms with Crippen LogP contribution in [-0.4, -0.2) is 33.4 Å². The van der Waals surface area contributed by atoms with Crippen LogP contribution in [0.4, 0.5) is 18.9 Å². The molecule has 0 bridgehead atoms. The van der Waals surface area contributed by atoms with Crippen molar-refractivity contribution in [1.82, 2.24) is 0 Å². The number of halogens is 4. The summed E-state index contributed by atoms with van der Waals surface area (Å²) in [5, 5.41) is 6.67. The molecule has 0 saturated carbocycles. The van der Waals surface area contributed by atoms with Crippen LogP contribution in [0.2, 0.25) is 5.02 Å². The van der Waals surface area contributed by atoms with Gasteiger partial charge in [0.2, 0.25) is 11.8 Å². The Labute approximate surface area is 143 Å². The highest BCUT2D eigenvalue weighted by atomic mass is 35.5. The van der Waals surface area contributed by atoms with Crippen LogP contribution in [0.15, 0.2) is 18.2 Å². The van der Waals surface area contributed by atoms with Crippen molar-refractivity contribution in [2.24, 2.45) is 0 Å². The van der Waals surface area contributed by atoms with E-state index in [4.69, 9.17) is 16.7 Å². The van der Waals surface area contributed by atoms with Gasteiger partial charge in [0.1, 0.15) is 5.25 Å². The van der Waals surface area contributed by atoms with Crippen molar-refractivity contribution < 1.29 is 32.7 Å². The first-order chi connectivity index (χ1) is 11.0. The molecule has 0 spiro atoms. The summed E-state index contributed by atoms with van der Waals surface area (Å²) < 4.78 is 39.5. The number of imide groups is 1. The Hall–Kier alpha value is -1.74. The van der Waals surface area contributed by atoms with Crippen molar-refractivity contribution in [3.8, 4) is 0 Å². The number of hydrogen-bond acceptors (Lipinski definition) is 4. The molecule has 2 rings (SSSR count). The lowest BCUT2D eigenvalue weighted by Crippen LogP contribution is -2.33. The number of nitrogens with zero attached hydrogens (tertiary/aromatic N) is 1. The average molecular weight is 382 g/mol. The van der Waals surface area contributed by atoms with Crippen molar-refractivity contribution in [1.29, 1.82) is 0 Å². The largest absolute Gasteiger partial charge is 0.480 e. The summed E-state index contributed by atoms with van der Waals surface area (Å²) in [6.07, 6.45) is -5.17. The molecule has 2 unspecified atom stereocenters. The van der Waals surface area contributed by atoms with Gasteiger partial charge in [-0.1, -0.05) is 11.6 Å². The summed E-state index contributed by atoms with van der Waals surface area (Å²) >= 11 is 6.30. The molecular weight excluding hydrogens is 371 g/mol. The minimum atomic E-state index is -4.81. The molecule has 1 N–H and O–H groups in total. The fourth-order valence-electron chi connectivity index (χ4n) is 2.20. The lowest BCUT2D eigenvalue weighted by atomic mass is 10.1. The van der Waals surface area contributed by atoms with Crippen LogP contribution in [0.5, 0.6) is 0 Å². The summed E-state index contributed by atoms with van der Waals surface area (Å²) in [5.74, 6) is -2.87. The van der Waals surface area contributed by atoms with E-state index in [2.05, 4.69) is 0 Å². The molecular formula is C14H11ClF3NO4S. The fourth-order valence-corrected chi connectivity index (χ4v) is 3.44. The number of carboxylic acids is 1. The van der Waals surface area contributed by atoms with Crippen LogP contribution >= 0.6 is 23.4 Å². The monoisotopic (exact) mass is 381 g/mol. The topological polar surface area (TPSA) is 74.7 Å². The number of aliphatic carboxylic acids is 1. The lowest BCUT2D eigenvalue weighted by molar-refractivity contribution is -0.137. The number of alkyl halides is 3. The van der Waals surface area contributed by atoms with Gasteiger partial charge in [-0.05, 0) is 25.1 Å². The summed E-state index contributed by atoms with van der Waals surface area (Å²) in [6.45, 7) is 1.33. The van der Waals surface area contributed by atoms with E-state index in [1.807, 2.05) is 0 Å². The van der Waals surface area contributed by atoms with E-state index < -0.39 is 45.7 Å². The van der Waals surface area contributed by atoms with Crippen molar-refractivity contribution >= 4 is 46.8 Å². The second-order valence-electron chi connectivity index (χ2n) is 5.04. The van der Waals surface area contributed by atoms with Gasteiger partial charge in [0, 0.05) is 11.4 Å². The predicted octanol–water partition coefficient (Wildman–Crippen LogP) is 3.20. The van der Waals surface area contributed by atoms with E-state index in [1.54, 1.807) is 0 Å². The quantitative estimate of drug-likeness (QED) is 0.811. The maximum Gasteiger partial charge on any atom is 0.418 e. The molecule has 2 amide bonds. The normalized spacial score (nSPS) is 19.7. The Morgan fingerprint density at radius 3 is 2.58 bits per heavy atom. The molecule has 24 heavy (non-hydrogen) atoms. The van der Waals surface area contributed by atoms with E-state index in [0.717, 1.165) is 23.9 Å². The zero-order valence-electron chi connectivity index (χ0n) is 12.1. The molecule has 2 atom stereocenters. The Morgan fingerprint density at radius 2 is 2.04 bits per heavy atom. The third-order valence-corrected chi connectivity index (χ3v) is 4.87. The van der Waals surface area contributed by atoms with Crippen molar-refractivity contribution in [3.05, 3.63) is 28.8 Å². The number of carbonyl (C=O) groups excluding carboxylic acids is 2. The highest BCUT2D eigenvalue weighted by Crippen LogP contribution is 2.41. The third-order valence-electron chi connectivity index (χ3n) is 3.33. The second-order valence-corrected chi connectivity index (χ2v) is 7.02. The Bertz CT molecular complexity index is 710. The Balaban J connectivity index is 2.38. The van der Waals surface area contributed by atoms with Crippen LogP contribution in [-0.2, 0) is 20.6 Å². The maximum absolute atomic E-state index is 13.2. The minimum absolute atomic E-state index is 0.185. The molecule has 0 aliphatic carbocycles. The van der Waals surface area contributed by atoms with Crippen LogP contribution in [0.25, 0.3) is 0 Å². The van der Waals surface area contributed by atoms with Crippen LogP contribution in [0.3, 0.4) is 0 Å². The lowest BCUT2D eigenvalue weighted by Gasteiger charge is -2.20. The van der Waals surface area contributed by atoms with E-state index in [9.17, 15) is 27.6 Å². The number of benzene rings is 1. The van der Waals surface area contributed by atoms with Crippen molar-refractivity contribution in [2.45, 2.75) is 30.0 Å². The van der Waals surface area contributed by atoms with Crippen LogP contribution in [0, 0.1) is 0 Å².